The Morgan fingerprint density at radius 2 is 1.77 bits per heavy atom. The Hall–Kier alpha value is -1.95. The second kappa shape index (κ2) is 9.12. The summed E-state index contributed by atoms with van der Waals surface area (Å²) >= 11 is 15.2. The van der Waals surface area contributed by atoms with Crippen molar-refractivity contribution in [3.63, 3.8) is 0 Å². The second-order valence-corrected chi connectivity index (χ2v) is 7.52. The highest BCUT2D eigenvalue weighted by Gasteiger charge is 2.12. The molecule has 0 spiro atoms. The highest BCUT2D eigenvalue weighted by atomic mass is 79.9. The van der Waals surface area contributed by atoms with Crippen molar-refractivity contribution in [1.82, 2.24) is 9.88 Å². The van der Waals surface area contributed by atoms with Gasteiger partial charge < -0.3 is 10.2 Å². The Bertz CT molecular complexity index is 872. The van der Waals surface area contributed by atoms with Crippen LogP contribution in [0, 0.1) is 0 Å². The molecule has 0 fully saturated rings. The van der Waals surface area contributed by atoms with E-state index < -0.39 is 0 Å². The third-order valence-corrected chi connectivity index (χ3v) is 4.85. The standard InChI is InChI=1S/C20H17BrClN3S/c21-17-5-1-3-15(11-17)13-25(14-16-4-2-10-23-12-16)20(26)24-19-8-6-18(22)7-9-19/h1-12H,13-14H2,(H,24,26). The molecule has 0 aliphatic heterocycles. The number of nitrogens with zero attached hydrogens (tertiary/aromatic N) is 2. The Balaban J connectivity index is 1.79. The van der Waals surface area contributed by atoms with Crippen LogP contribution in [0.2, 0.25) is 5.02 Å². The van der Waals surface area contributed by atoms with Crippen LogP contribution in [0.3, 0.4) is 0 Å². The first kappa shape index (κ1) is 18.8. The molecule has 0 bridgehead atoms. The SMILES string of the molecule is S=C(Nc1ccc(Cl)cc1)N(Cc1cccnc1)Cc1cccc(Br)c1. The molecule has 0 aliphatic carbocycles. The lowest BCUT2D eigenvalue weighted by atomic mass is 10.2. The normalized spacial score (nSPS) is 10.4. The van der Waals surface area contributed by atoms with Gasteiger partial charge in [0, 0.05) is 40.7 Å². The quantitative estimate of drug-likeness (QED) is 0.494. The van der Waals surface area contributed by atoms with E-state index in [1.54, 1.807) is 6.20 Å². The summed E-state index contributed by atoms with van der Waals surface area (Å²) in [6, 6.07) is 19.7. The number of hydrogen-bond acceptors (Lipinski definition) is 2. The third kappa shape index (κ3) is 5.53. The largest absolute Gasteiger partial charge is 0.340 e. The van der Waals surface area contributed by atoms with Gasteiger partial charge in [-0.3, -0.25) is 4.98 Å². The minimum atomic E-state index is 0.649. The number of rotatable bonds is 5. The third-order valence-electron chi connectivity index (χ3n) is 3.74. The molecule has 0 amide bonds. The number of anilines is 1. The molecule has 0 radical (unpaired) electrons. The van der Waals surface area contributed by atoms with Crippen molar-refractivity contribution in [2.45, 2.75) is 13.1 Å². The Morgan fingerprint density at radius 3 is 2.46 bits per heavy atom. The molecule has 0 saturated heterocycles. The molecular formula is C20H17BrClN3S. The van der Waals surface area contributed by atoms with E-state index in [0.29, 0.717) is 23.2 Å². The topological polar surface area (TPSA) is 28.2 Å². The molecule has 1 N–H and O–H groups in total. The van der Waals surface area contributed by atoms with Crippen molar-refractivity contribution in [3.8, 4) is 0 Å². The number of halogens is 2. The monoisotopic (exact) mass is 445 g/mol. The average molecular weight is 447 g/mol. The summed E-state index contributed by atoms with van der Waals surface area (Å²) < 4.78 is 1.05. The predicted octanol–water partition coefficient (Wildman–Crippen LogP) is 5.90. The maximum Gasteiger partial charge on any atom is 0.174 e. The minimum Gasteiger partial charge on any atom is -0.340 e. The van der Waals surface area contributed by atoms with Crippen molar-refractivity contribution in [1.29, 1.82) is 0 Å². The van der Waals surface area contributed by atoms with Crippen molar-refractivity contribution in [2.75, 3.05) is 5.32 Å². The first-order chi connectivity index (χ1) is 12.6. The van der Waals surface area contributed by atoms with E-state index in [9.17, 15) is 0 Å². The smallest absolute Gasteiger partial charge is 0.174 e. The van der Waals surface area contributed by atoms with Crippen LogP contribution < -0.4 is 5.32 Å². The van der Waals surface area contributed by atoms with Gasteiger partial charge >= 0.3 is 0 Å². The van der Waals surface area contributed by atoms with E-state index in [0.717, 1.165) is 15.7 Å². The van der Waals surface area contributed by atoms with Crippen molar-refractivity contribution in [3.05, 3.63) is 93.7 Å². The molecule has 1 aromatic heterocycles. The molecule has 3 rings (SSSR count). The summed E-state index contributed by atoms with van der Waals surface area (Å²) in [5.74, 6) is 0. The molecule has 0 atom stereocenters. The molecule has 3 nitrogen and oxygen atoms in total. The van der Waals surface area contributed by atoms with Crippen molar-refractivity contribution in [2.24, 2.45) is 0 Å². The Morgan fingerprint density at radius 1 is 1.04 bits per heavy atom. The number of thiocarbonyl (C=S) groups is 1. The average Bonchev–Trinajstić information content (AvgIpc) is 2.64. The maximum atomic E-state index is 5.96. The second-order valence-electron chi connectivity index (χ2n) is 5.78. The molecule has 6 heteroatoms. The zero-order valence-corrected chi connectivity index (χ0v) is 17.1. The fraction of sp³-hybridized carbons (Fsp3) is 0.100. The molecule has 3 aromatic rings. The van der Waals surface area contributed by atoms with Crippen LogP contribution in [0.5, 0.6) is 0 Å². The van der Waals surface area contributed by atoms with E-state index in [4.69, 9.17) is 23.8 Å². The van der Waals surface area contributed by atoms with Crippen LogP contribution in [-0.4, -0.2) is 15.0 Å². The zero-order chi connectivity index (χ0) is 18.4. The fourth-order valence-electron chi connectivity index (χ4n) is 2.50. The van der Waals surface area contributed by atoms with Crippen LogP contribution in [0.25, 0.3) is 0 Å². The molecule has 0 saturated carbocycles. The van der Waals surface area contributed by atoms with E-state index >= 15 is 0 Å². The lowest BCUT2D eigenvalue weighted by Gasteiger charge is -2.26. The fourth-order valence-corrected chi connectivity index (χ4v) is 3.32. The first-order valence-corrected chi connectivity index (χ1v) is 9.63. The van der Waals surface area contributed by atoms with Gasteiger partial charge in [-0.25, -0.2) is 0 Å². The molecule has 0 aliphatic rings. The predicted molar refractivity (Wildman–Crippen MR) is 115 cm³/mol. The Labute approximate surface area is 172 Å². The summed E-state index contributed by atoms with van der Waals surface area (Å²) in [4.78, 5) is 6.31. The summed E-state index contributed by atoms with van der Waals surface area (Å²) in [5.41, 5.74) is 3.18. The first-order valence-electron chi connectivity index (χ1n) is 8.05. The van der Waals surface area contributed by atoms with Gasteiger partial charge in [-0.2, -0.15) is 0 Å². The van der Waals surface area contributed by atoms with Gasteiger partial charge in [0.1, 0.15) is 0 Å². The molecule has 1 heterocycles. The number of benzene rings is 2. The number of nitrogens with one attached hydrogen (secondary N) is 1. The molecular weight excluding hydrogens is 430 g/mol. The Kier molecular flexibility index (Phi) is 6.61. The van der Waals surface area contributed by atoms with Gasteiger partial charge in [0.25, 0.3) is 0 Å². The molecule has 132 valence electrons. The van der Waals surface area contributed by atoms with Gasteiger partial charge in [0.2, 0.25) is 0 Å². The zero-order valence-electron chi connectivity index (χ0n) is 13.9. The number of hydrogen-bond donors (Lipinski definition) is 1. The van der Waals surface area contributed by atoms with E-state index in [2.05, 4.69) is 43.3 Å². The maximum absolute atomic E-state index is 5.96. The van der Waals surface area contributed by atoms with Crippen LogP contribution in [0.15, 0.2) is 77.5 Å². The lowest BCUT2D eigenvalue weighted by Crippen LogP contribution is -2.33. The number of aromatic nitrogens is 1. The van der Waals surface area contributed by atoms with Crippen LogP contribution >= 0.6 is 39.7 Å². The molecule has 2 aromatic carbocycles. The summed E-state index contributed by atoms with van der Waals surface area (Å²) in [6.07, 6.45) is 3.63. The van der Waals surface area contributed by atoms with Crippen molar-refractivity contribution >= 4 is 50.5 Å². The van der Waals surface area contributed by atoms with Crippen molar-refractivity contribution < 1.29 is 0 Å². The summed E-state index contributed by atoms with van der Waals surface area (Å²) in [6.45, 7) is 1.35. The van der Waals surface area contributed by atoms with Crippen LogP contribution in [-0.2, 0) is 13.1 Å². The molecule has 26 heavy (non-hydrogen) atoms. The van der Waals surface area contributed by atoms with Gasteiger partial charge in [0.15, 0.2) is 5.11 Å². The van der Waals surface area contributed by atoms with Gasteiger partial charge in [-0.05, 0) is 65.8 Å². The summed E-state index contributed by atoms with van der Waals surface area (Å²) in [7, 11) is 0. The molecule has 0 unspecified atom stereocenters. The minimum absolute atomic E-state index is 0.649. The summed E-state index contributed by atoms with van der Waals surface area (Å²) in [5, 5.41) is 4.64. The van der Waals surface area contributed by atoms with E-state index in [1.165, 1.54) is 5.56 Å². The van der Waals surface area contributed by atoms with E-state index in [-0.39, 0.29) is 0 Å². The highest BCUT2D eigenvalue weighted by molar-refractivity contribution is 9.10. The lowest BCUT2D eigenvalue weighted by molar-refractivity contribution is 0.412. The van der Waals surface area contributed by atoms with E-state index in [1.807, 2.05) is 54.7 Å². The van der Waals surface area contributed by atoms with Gasteiger partial charge in [0.05, 0.1) is 0 Å². The number of pyridine rings is 1. The van der Waals surface area contributed by atoms with Gasteiger partial charge in [-0.15, -0.1) is 0 Å². The highest BCUT2D eigenvalue weighted by Crippen LogP contribution is 2.18. The van der Waals surface area contributed by atoms with Crippen LogP contribution in [0.4, 0.5) is 5.69 Å². The van der Waals surface area contributed by atoms with Crippen LogP contribution in [0.1, 0.15) is 11.1 Å². The van der Waals surface area contributed by atoms with Gasteiger partial charge in [-0.1, -0.05) is 45.7 Å².